The molecule has 5 heteroatoms. The van der Waals surface area contributed by atoms with Gasteiger partial charge in [0.15, 0.2) is 0 Å². The van der Waals surface area contributed by atoms with Gasteiger partial charge in [0.05, 0.1) is 27.9 Å². The molecule has 0 atom stereocenters. The van der Waals surface area contributed by atoms with Gasteiger partial charge in [0.25, 0.3) is 5.91 Å². The van der Waals surface area contributed by atoms with E-state index in [2.05, 4.69) is 0 Å². The van der Waals surface area contributed by atoms with Gasteiger partial charge in [-0.15, -0.1) is 0 Å². The molecule has 132 valence electrons. The normalized spacial score (nSPS) is 13.2. The molecular formula is C20H23NO4. The topological polar surface area (TPSA) is 48.0 Å². The second kappa shape index (κ2) is 7.47. The van der Waals surface area contributed by atoms with Crippen molar-refractivity contribution in [2.24, 2.45) is 0 Å². The maximum Gasteiger partial charge on any atom is 0.254 e. The third-order valence-corrected chi connectivity index (χ3v) is 4.41. The molecule has 1 fully saturated rings. The van der Waals surface area contributed by atoms with Gasteiger partial charge in [0, 0.05) is 17.2 Å². The molecule has 2 aromatic carbocycles. The SMILES string of the molecule is COc1ccc(C(=O)N(Cc2cc(OC)ccc2OC)C2CC2)cc1. The van der Waals surface area contributed by atoms with Crippen molar-refractivity contribution in [1.29, 1.82) is 0 Å². The lowest BCUT2D eigenvalue weighted by atomic mass is 10.1. The molecule has 1 saturated carbocycles. The zero-order valence-electron chi connectivity index (χ0n) is 14.8. The number of carbonyl (C=O) groups is 1. The molecule has 0 spiro atoms. The van der Waals surface area contributed by atoms with Gasteiger partial charge in [-0.1, -0.05) is 0 Å². The largest absolute Gasteiger partial charge is 0.497 e. The standard InChI is InChI=1S/C20H23NO4/c1-23-17-8-4-14(5-9-17)20(22)21(16-6-7-16)13-15-12-18(24-2)10-11-19(15)25-3/h4-5,8-12,16H,6-7,13H2,1-3H3. The number of rotatable bonds is 7. The molecule has 0 heterocycles. The first kappa shape index (κ1) is 17.1. The van der Waals surface area contributed by atoms with Crippen LogP contribution in [0.2, 0.25) is 0 Å². The van der Waals surface area contributed by atoms with Crippen molar-refractivity contribution in [1.82, 2.24) is 4.90 Å². The zero-order chi connectivity index (χ0) is 17.8. The Morgan fingerprint density at radius 3 is 2.16 bits per heavy atom. The lowest BCUT2D eigenvalue weighted by Crippen LogP contribution is -2.32. The molecule has 1 aliphatic carbocycles. The van der Waals surface area contributed by atoms with Crippen molar-refractivity contribution in [3.8, 4) is 17.2 Å². The van der Waals surface area contributed by atoms with E-state index in [-0.39, 0.29) is 11.9 Å². The van der Waals surface area contributed by atoms with E-state index in [4.69, 9.17) is 14.2 Å². The number of hydrogen-bond acceptors (Lipinski definition) is 4. The second-order valence-corrected chi connectivity index (χ2v) is 6.07. The van der Waals surface area contributed by atoms with E-state index in [1.165, 1.54) is 0 Å². The van der Waals surface area contributed by atoms with Gasteiger partial charge in [-0.3, -0.25) is 4.79 Å². The molecule has 1 aliphatic rings. The van der Waals surface area contributed by atoms with E-state index in [9.17, 15) is 4.79 Å². The minimum atomic E-state index is 0.0232. The summed E-state index contributed by atoms with van der Waals surface area (Å²) in [6.07, 6.45) is 2.07. The lowest BCUT2D eigenvalue weighted by molar-refractivity contribution is 0.0728. The van der Waals surface area contributed by atoms with Crippen LogP contribution in [0.5, 0.6) is 17.2 Å². The van der Waals surface area contributed by atoms with E-state index < -0.39 is 0 Å². The minimum absolute atomic E-state index is 0.0232. The fraction of sp³-hybridized carbons (Fsp3) is 0.350. The van der Waals surface area contributed by atoms with Gasteiger partial charge in [-0.2, -0.15) is 0 Å². The average molecular weight is 341 g/mol. The average Bonchev–Trinajstić information content (AvgIpc) is 3.50. The number of methoxy groups -OCH3 is 3. The molecule has 0 saturated heterocycles. The highest BCUT2D eigenvalue weighted by Crippen LogP contribution is 2.33. The van der Waals surface area contributed by atoms with Gasteiger partial charge in [0.2, 0.25) is 0 Å². The van der Waals surface area contributed by atoms with E-state index in [1.54, 1.807) is 33.5 Å². The number of nitrogens with zero attached hydrogens (tertiary/aromatic N) is 1. The van der Waals surface area contributed by atoms with Crippen molar-refractivity contribution >= 4 is 5.91 Å². The van der Waals surface area contributed by atoms with Crippen LogP contribution in [0.25, 0.3) is 0 Å². The Kier molecular flexibility index (Phi) is 5.12. The summed E-state index contributed by atoms with van der Waals surface area (Å²) in [6.45, 7) is 0.496. The van der Waals surface area contributed by atoms with E-state index in [0.717, 1.165) is 35.7 Å². The maximum atomic E-state index is 13.0. The minimum Gasteiger partial charge on any atom is -0.497 e. The second-order valence-electron chi connectivity index (χ2n) is 6.07. The molecule has 0 unspecified atom stereocenters. The monoisotopic (exact) mass is 341 g/mol. The summed E-state index contributed by atoms with van der Waals surface area (Å²) >= 11 is 0. The van der Waals surface area contributed by atoms with Crippen LogP contribution < -0.4 is 14.2 Å². The van der Waals surface area contributed by atoms with Crippen molar-refractivity contribution in [3.05, 3.63) is 53.6 Å². The van der Waals surface area contributed by atoms with Crippen LogP contribution in [-0.2, 0) is 6.54 Å². The summed E-state index contributed by atoms with van der Waals surface area (Å²) in [7, 11) is 4.88. The maximum absolute atomic E-state index is 13.0. The smallest absolute Gasteiger partial charge is 0.254 e. The van der Waals surface area contributed by atoms with Crippen LogP contribution in [0.15, 0.2) is 42.5 Å². The predicted molar refractivity (Wildman–Crippen MR) is 95.4 cm³/mol. The molecule has 0 bridgehead atoms. The molecule has 5 nitrogen and oxygen atoms in total. The summed E-state index contributed by atoms with van der Waals surface area (Å²) in [4.78, 5) is 14.9. The van der Waals surface area contributed by atoms with E-state index in [1.807, 2.05) is 35.2 Å². The van der Waals surface area contributed by atoms with Crippen molar-refractivity contribution in [3.63, 3.8) is 0 Å². The summed E-state index contributed by atoms with van der Waals surface area (Å²) in [5.41, 5.74) is 1.60. The fourth-order valence-corrected chi connectivity index (χ4v) is 2.84. The Bertz CT molecular complexity index is 738. The molecule has 0 aromatic heterocycles. The molecule has 0 N–H and O–H groups in total. The molecular weight excluding hydrogens is 318 g/mol. The number of carbonyl (C=O) groups excluding carboxylic acids is 1. The Morgan fingerprint density at radius 1 is 0.960 bits per heavy atom. The molecule has 1 amide bonds. The van der Waals surface area contributed by atoms with Crippen LogP contribution in [0.1, 0.15) is 28.8 Å². The number of amides is 1. The quantitative estimate of drug-likeness (QED) is 0.773. The van der Waals surface area contributed by atoms with Gasteiger partial charge in [-0.05, 0) is 55.3 Å². The number of ether oxygens (including phenoxy) is 3. The predicted octanol–water partition coefficient (Wildman–Crippen LogP) is 3.52. The Morgan fingerprint density at radius 2 is 1.60 bits per heavy atom. The van der Waals surface area contributed by atoms with Crippen LogP contribution in [0.3, 0.4) is 0 Å². The Balaban J connectivity index is 1.85. The third-order valence-electron chi connectivity index (χ3n) is 4.41. The first-order valence-corrected chi connectivity index (χ1v) is 8.32. The molecule has 3 rings (SSSR count). The highest BCUT2D eigenvalue weighted by atomic mass is 16.5. The van der Waals surface area contributed by atoms with Gasteiger partial charge in [-0.25, -0.2) is 0 Å². The molecule has 2 aromatic rings. The fourth-order valence-electron chi connectivity index (χ4n) is 2.84. The highest BCUT2D eigenvalue weighted by molar-refractivity contribution is 5.94. The number of hydrogen-bond donors (Lipinski definition) is 0. The lowest BCUT2D eigenvalue weighted by Gasteiger charge is -2.24. The van der Waals surface area contributed by atoms with Crippen LogP contribution in [0, 0.1) is 0 Å². The summed E-state index contributed by atoms with van der Waals surface area (Å²) in [6, 6.07) is 13.2. The van der Waals surface area contributed by atoms with Crippen molar-refractivity contribution in [2.75, 3.05) is 21.3 Å². The van der Waals surface area contributed by atoms with Crippen molar-refractivity contribution in [2.45, 2.75) is 25.4 Å². The zero-order valence-corrected chi connectivity index (χ0v) is 14.8. The van der Waals surface area contributed by atoms with E-state index >= 15 is 0 Å². The first-order chi connectivity index (χ1) is 12.2. The summed E-state index contributed by atoms with van der Waals surface area (Å²) in [5.74, 6) is 2.27. The molecule has 25 heavy (non-hydrogen) atoms. The Hall–Kier alpha value is -2.69. The molecule has 0 radical (unpaired) electrons. The third kappa shape index (κ3) is 3.87. The summed E-state index contributed by atoms with van der Waals surface area (Å²) < 4.78 is 15.9. The van der Waals surface area contributed by atoms with Gasteiger partial charge in [0.1, 0.15) is 17.2 Å². The Labute approximate surface area is 148 Å². The van der Waals surface area contributed by atoms with Gasteiger partial charge >= 0.3 is 0 Å². The first-order valence-electron chi connectivity index (χ1n) is 8.32. The van der Waals surface area contributed by atoms with Crippen LogP contribution in [-0.4, -0.2) is 38.2 Å². The molecule has 0 aliphatic heterocycles. The number of benzene rings is 2. The van der Waals surface area contributed by atoms with E-state index in [0.29, 0.717) is 12.1 Å². The van der Waals surface area contributed by atoms with Crippen LogP contribution >= 0.6 is 0 Å². The van der Waals surface area contributed by atoms with Crippen molar-refractivity contribution < 1.29 is 19.0 Å². The summed E-state index contributed by atoms with van der Waals surface area (Å²) in [5, 5.41) is 0. The van der Waals surface area contributed by atoms with Gasteiger partial charge < -0.3 is 19.1 Å². The highest BCUT2D eigenvalue weighted by Gasteiger charge is 2.33. The van der Waals surface area contributed by atoms with Crippen LogP contribution in [0.4, 0.5) is 0 Å².